The van der Waals surface area contributed by atoms with Gasteiger partial charge in [0, 0.05) is 12.1 Å². The third kappa shape index (κ3) is 3.42. The Morgan fingerprint density at radius 1 is 1.29 bits per heavy atom. The zero-order valence-corrected chi connectivity index (χ0v) is 9.40. The number of hydrogen-bond acceptors (Lipinski definition) is 2. The van der Waals surface area contributed by atoms with Crippen LogP contribution in [-0.4, -0.2) is 11.7 Å². The smallest absolute Gasteiger partial charge is 0.225 e. The molecule has 2 nitrogen and oxygen atoms in total. The van der Waals surface area contributed by atoms with Crippen molar-refractivity contribution in [1.29, 1.82) is 0 Å². The number of thiol groups is 1. The van der Waals surface area contributed by atoms with Crippen LogP contribution in [0.25, 0.3) is 0 Å². The second-order valence-electron chi connectivity index (χ2n) is 3.40. The second kappa shape index (κ2) is 5.05. The van der Waals surface area contributed by atoms with Crippen LogP contribution in [0.4, 0.5) is 5.69 Å². The van der Waals surface area contributed by atoms with E-state index in [0.717, 1.165) is 16.8 Å². The summed E-state index contributed by atoms with van der Waals surface area (Å²) in [6, 6.07) is 6.00. The van der Waals surface area contributed by atoms with Gasteiger partial charge >= 0.3 is 0 Å². The van der Waals surface area contributed by atoms with Crippen LogP contribution in [0, 0.1) is 13.8 Å². The highest BCUT2D eigenvalue weighted by Crippen LogP contribution is 2.13. The minimum atomic E-state index is 0.0185. The lowest BCUT2D eigenvalue weighted by Crippen LogP contribution is -2.11. The van der Waals surface area contributed by atoms with Crippen molar-refractivity contribution in [2.75, 3.05) is 11.1 Å². The van der Waals surface area contributed by atoms with Crippen molar-refractivity contribution < 1.29 is 4.79 Å². The summed E-state index contributed by atoms with van der Waals surface area (Å²) >= 11 is 4.01. The largest absolute Gasteiger partial charge is 0.326 e. The van der Waals surface area contributed by atoms with E-state index in [9.17, 15) is 4.79 Å². The van der Waals surface area contributed by atoms with Crippen LogP contribution >= 0.6 is 12.6 Å². The Hall–Kier alpha value is -0.960. The summed E-state index contributed by atoms with van der Waals surface area (Å²) in [6.07, 6.45) is 0.454. The van der Waals surface area contributed by atoms with E-state index in [1.54, 1.807) is 0 Å². The standard InChI is InChI=1S/C11H15NOS/c1-8-5-9(2)7-10(6-8)12-11(13)3-4-14/h5-7,14H,3-4H2,1-2H3,(H,12,13). The Labute approximate surface area is 90.1 Å². The predicted molar refractivity (Wildman–Crippen MR) is 63.0 cm³/mol. The molecular weight excluding hydrogens is 194 g/mol. The monoisotopic (exact) mass is 209 g/mol. The molecule has 0 spiro atoms. The number of rotatable bonds is 3. The van der Waals surface area contributed by atoms with Gasteiger partial charge in [0.05, 0.1) is 0 Å². The Kier molecular flexibility index (Phi) is 4.01. The van der Waals surface area contributed by atoms with E-state index in [0.29, 0.717) is 12.2 Å². The molecule has 0 aromatic heterocycles. The summed E-state index contributed by atoms with van der Waals surface area (Å²) < 4.78 is 0. The topological polar surface area (TPSA) is 29.1 Å². The number of anilines is 1. The highest BCUT2D eigenvalue weighted by molar-refractivity contribution is 7.80. The van der Waals surface area contributed by atoms with Gasteiger partial charge in [-0.05, 0) is 42.9 Å². The van der Waals surface area contributed by atoms with Crippen LogP contribution in [0.2, 0.25) is 0 Å². The first-order valence-corrected chi connectivity index (χ1v) is 5.24. The fraction of sp³-hybridized carbons (Fsp3) is 0.364. The highest BCUT2D eigenvalue weighted by Gasteiger charge is 2.01. The molecular formula is C11H15NOS. The molecule has 0 unspecified atom stereocenters. The van der Waals surface area contributed by atoms with E-state index in [-0.39, 0.29) is 5.91 Å². The van der Waals surface area contributed by atoms with Crippen molar-refractivity contribution >= 4 is 24.2 Å². The molecule has 0 aliphatic heterocycles. The van der Waals surface area contributed by atoms with Gasteiger partial charge in [-0.15, -0.1) is 0 Å². The van der Waals surface area contributed by atoms with Crippen LogP contribution < -0.4 is 5.32 Å². The quantitative estimate of drug-likeness (QED) is 0.736. The van der Waals surface area contributed by atoms with E-state index in [4.69, 9.17) is 0 Å². The average Bonchev–Trinajstić information content (AvgIpc) is 2.01. The van der Waals surface area contributed by atoms with E-state index in [2.05, 4.69) is 24.0 Å². The minimum Gasteiger partial charge on any atom is -0.326 e. The lowest BCUT2D eigenvalue weighted by Gasteiger charge is -2.06. The number of aryl methyl sites for hydroxylation is 2. The molecule has 0 fully saturated rings. The summed E-state index contributed by atoms with van der Waals surface area (Å²) in [6.45, 7) is 4.03. The lowest BCUT2D eigenvalue weighted by molar-refractivity contribution is -0.115. The van der Waals surface area contributed by atoms with E-state index in [1.165, 1.54) is 0 Å². The molecule has 14 heavy (non-hydrogen) atoms. The van der Waals surface area contributed by atoms with Crippen molar-refractivity contribution in [3.05, 3.63) is 29.3 Å². The normalized spacial score (nSPS) is 9.93. The van der Waals surface area contributed by atoms with Gasteiger partial charge in [-0.25, -0.2) is 0 Å². The molecule has 0 radical (unpaired) electrons. The fourth-order valence-electron chi connectivity index (χ4n) is 1.37. The number of carbonyl (C=O) groups excluding carboxylic acids is 1. The van der Waals surface area contributed by atoms with Gasteiger partial charge in [-0.1, -0.05) is 6.07 Å². The third-order valence-corrected chi connectivity index (χ3v) is 2.07. The van der Waals surface area contributed by atoms with Crippen LogP contribution in [0.15, 0.2) is 18.2 Å². The summed E-state index contributed by atoms with van der Waals surface area (Å²) in [7, 11) is 0. The first-order chi connectivity index (χ1) is 6.61. The minimum absolute atomic E-state index is 0.0185. The van der Waals surface area contributed by atoms with Crippen molar-refractivity contribution in [2.45, 2.75) is 20.3 Å². The predicted octanol–water partition coefficient (Wildman–Crippen LogP) is 2.56. The lowest BCUT2D eigenvalue weighted by atomic mass is 10.1. The maximum Gasteiger partial charge on any atom is 0.225 e. The maximum atomic E-state index is 11.3. The summed E-state index contributed by atoms with van der Waals surface area (Å²) in [4.78, 5) is 11.3. The molecule has 0 aliphatic rings. The van der Waals surface area contributed by atoms with Crippen LogP contribution in [0.1, 0.15) is 17.5 Å². The first kappa shape index (κ1) is 11.1. The van der Waals surface area contributed by atoms with Gasteiger partial charge in [0.15, 0.2) is 0 Å². The first-order valence-electron chi connectivity index (χ1n) is 4.61. The van der Waals surface area contributed by atoms with E-state index in [1.807, 2.05) is 26.0 Å². The van der Waals surface area contributed by atoms with E-state index >= 15 is 0 Å². The number of benzene rings is 1. The maximum absolute atomic E-state index is 11.3. The zero-order valence-electron chi connectivity index (χ0n) is 8.50. The molecule has 0 aliphatic carbocycles. The number of amides is 1. The van der Waals surface area contributed by atoms with Gasteiger partial charge in [0.2, 0.25) is 5.91 Å². The molecule has 0 saturated heterocycles. The highest BCUT2D eigenvalue weighted by atomic mass is 32.1. The van der Waals surface area contributed by atoms with Crippen LogP contribution in [0.3, 0.4) is 0 Å². The van der Waals surface area contributed by atoms with Gasteiger partial charge in [-0.3, -0.25) is 4.79 Å². The Morgan fingerprint density at radius 2 is 1.86 bits per heavy atom. The number of nitrogens with one attached hydrogen (secondary N) is 1. The summed E-state index contributed by atoms with van der Waals surface area (Å²) in [5, 5.41) is 2.84. The van der Waals surface area contributed by atoms with Crippen molar-refractivity contribution in [1.82, 2.24) is 0 Å². The van der Waals surface area contributed by atoms with Crippen LogP contribution in [-0.2, 0) is 4.79 Å². The molecule has 0 heterocycles. The SMILES string of the molecule is Cc1cc(C)cc(NC(=O)CCS)c1. The van der Waals surface area contributed by atoms with Gasteiger partial charge in [0.1, 0.15) is 0 Å². The van der Waals surface area contributed by atoms with Crippen molar-refractivity contribution in [2.24, 2.45) is 0 Å². The summed E-state index contributed by atoms with van der Waals surface area (Å²) in [5.41, 5.74) is 3.19. The number of hydrogen-bond donors (Lipinski definition) is 2. The molecule has 1 N–H and O–H groups in total. The zero-order chi connectivity index (χ0) is 10.6. The van der Waals surface area contributed by atoms with Gasteiger partial charge in [0.25, 0.3) is 0 Å². The van der Waals surface area contributed by atoms with Gasteiger partial charge < -0.3 is 5.32 Å². The van der Waals surface area contributed by atoms with E-state index < -0.39 is 0 Å². The molecule has 0 atom stereocenters. The average molecular weight is 209 g/mol. The molecule has 1 rings (SSSR count). The third-order valence-electron chi connectivity index (χ3n) is 1.84. The number of carbonyl (C=O) groups is 1. The fourth-order valence-corrected chi connectivity index (χ4v) is 1.57. The molecule has 0 bridgehead atoms. The molecule has 0 saturated carbocycles. The molecule has 1 aromatic rings. The molecule has 76 valence electrons. The Morgan fingerprint density at radius 3 is 2.36 bits per heavy atom. The van der Waals surface area contributed by atoms with Gasteiger partial charge in [-0.2, -0.15) is 12.6 Å². The van der Waals surface area contributed by atoms with Crippen molar-refractivity contribution in [3.63, 3.8) is 0 Å². The molecule has 3 heteroatoms. The second-order valence-corrected chi connectivity index (χ2v) is 3.85. The molecule has 1 amide bonds. The molecule has 1 aromatic carbocycles. The summed E-state index contributed by atoms with van der Waals surface area (Å²) in [5.74, 6) is 0.599. The van der Waals surface area contributed by atoms with Crippen LogP contribution in [0.5, 0.6) is 0 Å². The van der Waals surface area contributed by atoms with Crippen molar-refractivity contribution in [3.8, 4) is 0 Å². The Balaban J connectivity index is 2.71. The Bertz CT molecular complexity index is 316.